The van der Waals surface area contributed by atoms with Gasteiger partial charge >= 0.3 is 0 Å². The van der Waals surface area contributed by atoms with Gasteiger partial charge < -0.3 is 15.8 Å². The molecule has 1 fully saturated rings. The summed E-state index contributed by atoms with van der Waals surface area (Å²) in [5.41, 5.74) is 8.68. The van der Waals surface area contributed by atoms with Gasteiger partial charge in [-0.05, 0) is 12.5 Å². The van der Waals surface area contributed by atoms with Crippen LogP contribution in [0.15, 0.2) is 30.5 Å². The highest BCUT2D eigenvalue weighted by atomic mass is 16.5. The van der Waals surface area contributed by atoms with Crippen molar-refractivity contribution in [2.45, 2.75) is 6.42 Å². The molecular weight excluding hydrogens is 226 g/mol. The predicted octanol–water partition coefficient (Wildman–Crippen LogP) is 2.27. The third kappa shape index (κ3) is 2.11. The highest BCUT2D eigenvalue weighted by Crippen LogP contribution is 2.28. The summed E-state index contributed by atoms with van der Waals surface area (Å²) in [5, 5.41) is 4.53. The molecule has 2 aromatic rings. The topological polar surface area (TPSA) is 60.2 Å². The molecule has 1 aromatic heterocycles. The van der Waals surface area contributed by atoms with Crippen LogP contribution in [0.3, 0.4) is 0 Å². The summed E-state index contributed by atoms with van der Waals surface area (Å²) in [6.45, 7) is 2.62. The molecule has 0 amide bonds. The van der Waals surface area contributed by atoms with E-state index in [1.807, 2.05) is 24.3 Å². The van der Waals surface area contributed by atoms with Crippen molar-refractivity contribution in [3.05, 3.63) is 30.5 Å². The van der Waals surface area contributed by atoms with Gasteiger partial charge in [-0.2, -0.15) is 0 Å². The zero-order chi connectivity index (χ0) is 12.4. The van der Waals surface area contributed by atoms with Crippen molar-refractivity contribution in [1.82, 2.24) is 4.98 Å². The van der Waals surface area contributed by atoms with Gasteiger partial charge in [0, 0.05) is 24.5 Å². The average Bonchev–Trinajstić information content (AvgIpc) is 2.91. The molecule has 3 rings (SSSR count). The van der Waals surface area contributed by atoms with Crippen molar-refractivity contribution >= 4 is 22.3 Å². The number of nitrogens with one attached hydrogen (secondary N) is 1. The standard InChI is InChI=1S/C14H17N3O/c15-12-8-16-13-4-2-1-3-11(13)14(12)17-7-10-5-6-18-9-10/h1-4,8,10H,5-7,9,15H2,(H,16,17). The van der Waals surface area contributed by atoms with Crippen molar-refractivity contribution in [3.63, 3.8) is 0 Å². The molecule has 0 bridgehead atoms. The van der Waals surface area contributed by atoms with Gasteiger partial charge in [-0.25, -0.2) is 0 Å². The Kier molecular flexibility index (Phi) is 3.02. The van der Waals surface area contributed by atoms with Crippen LogP contribution in [-0.4, -0.2) is 24.7 Å². The molecule has 1 saturated heterocycles. The minimum absolute atomic E-state index is 0.580. The van der Waals surface area contributed by atoms with E-state index in [0.29, 0.717) is 11.6 Å². The number of para-hydroxylation sites is 1. The number of hydrogen-bond donors (Lipinski definition) is 2. The first-order valence-electron chi connectivity index (χ1n) is 6.29. The quantitative estimate of drug-likeness (QED) is 0.868. The molecule has 1 aliphatic heterocycles. The number of benzene rings is 1. The van der Waals surface area contributed by atoms with E-state index < -0.39 is 0 Å². The summed E-state index contributed by atoms with van der Waals surface area (Å²) < 4.78 is 5.38. The number of pyridine rings is 1. The fourth-order valence-corrected chi connectivity index (χ4v) is 2.34. The average molecular weight is 243 g/mol. The van der Waals surface area contributed by atoms with E-state index in [0.717, 1.165) is 42.8 Å². The molecule has 4 heteroatoms. The smallest absolute Gasteiger partial charge is 0.0743 e. The van der Waals surface area contributed by atoms with Crippen LogP contribution in [0, 0.1) is 5.92 Å². The van der Waals surface area contributed by atoms with Gasteiger partial charge in [0.1, 0.15) is 0 Å². The number of aromatic nitrogens is 1. The van der Waals surface area contributed by atoms with Crippen LogP contribution in [0.2, 0.25) is 0 Å². The Bertz CT molecular complexity index is 550. The van der Waals surface area contributed by atoms with Crippen LogP contribution in [0.25, 0.3) is 10.9 Å². The molecule has 0 aliphatic carbocycles. The van der Waals surface area contributed by atoms with Gasteiger partial charge in [-0.3, -0.25) is 4.98 Å². The van der Waals surface area contributed by atoms with Crippen molar-refractivity contribution in [1.29, 1.82) is 0 Å². The Labute approximate surface area is 106 Å². The van der Waals surface area contributed by atoms with Crippen LogP contribution in [0.4, 0.5) is 11.4 Å². The maximum Gasteiger partial charge on any atom is 0.0743 e. The van der Waals surface area contributed by atoms with Crippen molar-refractivity contribution in [3.8, 4) is 0 Å². The van der Waals surface area contributed by atoms with Crippen LogP contribution >= 0.6 is 0 Å². The first kappa shape index (κ1) is 11.3. The van der Waals surface area contributed by atoms with Crippen LogP contribution in [-0.2, 0) is 4.74 Å². The fourth-order valence-electron chi connectivity index (χ4n) is 2.34. The van der Waals surface area contributed by atoms with E-state index in [2.05, 4.69) is 10.3 Å². The summed E-state index contributed by atoms with van der Waals surface area (Å²) >= 11 is 0. The highest BCUT2D eigenvalue weighted by molar-refractivity contribution is 5.96. The summed E-state index contributed by atoms with van der Waals surface area (Å²) in [6.07, 6.45) is 2.84. The largest absolute Gasteiger partial charge is 0.396 e. The molecule has 1 aromatic carbocycles. The van der Waals surface area contributed by atoms with Gasteiger partial charge in [0.2, 0.25) is 0 Å². The Morgan fingerprint density at radius 3 is 3.11 bits per heavy atom. The SMILES string of the molecule is Nc1cnc2ccccc2c1NCC1CCOC1. The first-order chi connectivity index (χ1) is 8.84. The van der Waals surface area contributed by atoms with Gasteiger partial charge in [-0.15, -0.1) is 0 Å². The molecule has 18 heavy (non-hydrogen) atoms. The molecule has 0 saturated carbocycles. The van der Waals surface area contributed by atoms with E-state index in [1.54, 1.807) is 6.20 Å². The highest BCUT2D eigenvalue weighted by Gasteiger charge is 2.16. The Balaban J connectivity index is 1.87. The molecule has 4 nitrogen and oxygen atoms in total. The third-order valence-electron chi connectivity index (χ3n) is 3.40. The molecule has 1 aliphatic rings. The van der Waals surface area contributed by atoms with Crippen molar-refractivity contribution < 1.29 is 4.74 Å². The lowest BCUT2D eigenvalue weighted by molar-refractivity contribution is 0.187. The monoisotopic (exact) mass is 243 g/mol. The van der Waals surface area contributed by atoms with Crippen LogP contribution < -0.4 is 11.1 Å². The number of nitrogen functional groups attached to an aromatic ring is 1. The lowest BCUT2D eigenvalue weighted by Crippen LogP contribution is -2.15. The van der Waals surface area contributed by atoms with Gasteiger partial charge in [0.05, 0.1) is 29.7 Å². The summed E-state index contributed by atoms with van der Waals surface area (Å²) in [4.78, 5) is 4.33. The zero-order valence-electron chi connectivity index (χ0n) is 10.2. The number of nitrogens with two attached hydrogens (primary N) is 1. The minimum atomic E-state index is 0.580. The fraction of sp³-hybridized carbons (Fsp3) is 0.357. The number of anilines is 2. The van der Waals surface area contributed by atoms with E-state index >= 15 is 0 Å². The summed E-state index contributed by atoms with van der Waals surface area (Å²) in [6, 6.07) is 8.04. The third-order valence-corrected chi connectivity index (χ3v) is 3.40. The number of nitrogens with zero attached hydrogens (tertiary/aromatic N) is 1. The van der Waals surface area contributed by atoms with Gasteiger partial charge in [-0.1, -0.05) is 18.2 Å². The second-order valence-electron chi connectivity index (χ2n) is 4.72. The number of fused-ring (bicyclic) bond motifs is 1. The number of ether oxygens (including phenoxy) is 1. The van der Waals surface area contributed by atoms with Crippen LogP contribution in [0.1, 0.15) is 6.42 Å². The first-order valence-corrected chi connectivity index (χ1v) is 6.29. The van der Waals surface area contributed by atoms with E-state index in [1.165, 1.54) is 0 Å². The molecule has 1 atom stereocenters. The Morgan fingerprint density at radius 2 is 2.28 bits per heavy atom. The molecular formula is C14H17N3O. The van der Waals surface area contributed by atoms with Gasteiger partial charge in [0.25, 0.3) is 0 Å². The van der Waals surface area contributed by atoms with E-state index in [4.69, 9.17) is 10.5 Å². The summed E-state index contributed by atoms with van der Waals surface area (Å²) in [5.74, 6) is 0.580. The van der Waals surface area contributed by atoms with Crippen molar-refractivity contribution in [2.24, 2.45) is 5.92 Å². The lowest BCUT2D eigenvalue weighted by Gasteiger charge is -2.14. The molecule has 94 valence electrons. The van der Waals surface area contributed by atoms with Crippen LogP contribution in [0.5, 0.6) is 0 Å². The predicted molar refractivity (Wildman–Crippen MR) is 73.6 cm³/mol. The normalized spacial score (nSPS) is 19.2. The minimum Gasteiger partial charge on any atom is -0.396 e. The van der Waals surface area contributed by atoms with Crippen molar-refractivity contribution in [2.75, 3.05) is 30.8 Å². The number of rotatable bonds is 3. The Hall–Kier alpha value is -1.81. The van der Waals surface area contributed by atoms with E-state index in [-0.39, 0.29) is 0 Å². The number of hydrogen-bond acceptors (Lipinski definition) is 4. The van der Waals surface area contributed by atoms with Gasteiger partial charge in [0.15, 0.2) is 0 Å². The molecule has 0 spiro atoms. The second-order valence-corrected chi connectivity index (χ2v) is 4.72. The van der Waals surface area contributed by atoms with E-state index in [9.17, 15) is 0 Å². The molecule has 0 radical (unpaired) electrons. The maximum absolute atomic E-state index is 6.02. The molecule has 2 heterocycles. The molecule has 1 unspecified atom stereocenters. The zero-order valence-corrected chi connectivity index (χ0v) is 10.2. The lowest BCUT2D eigenvalue weighted by atomic mass is 10.1. The summed E-state index contributed by atoms with van der Waals surface area (Å²) in [7, 11) is 0. The second kappa shape index (κ2) is 4.82. The Morgan fingerprint density at radius 1 is 1.39 bits per heavy atom. The molecule has 3 N–H and O–H groups in total. The maximum atomic E-state index is 6.02.